The van der Waals surface area contributed by atoms with Gasteiger partial charge in [0, 0.05) is 25.2 Å². The number of carbonyl (C=O) groups excluding carboxylic acids is 1. The molecule has 2 N–H and O–H groups in total. The fourth-order valence-electron chi connectivity index (χ4n) is 4.06. The van der Waals surface area contributed by atoms with Crippen molar-refractivity contribution in [2.24, 2.45) is 0 Å². The van der Waals surface area contributed by atoms with Crippen molar-refractivity contribution in [3.05, 3.63) is 35.4 Å². The fourth-order valence-corrected chi connectivity index (χ4v) is 4.06. The molecule has 3 rings (SSSR count). The van der Waals surface area contributed by atoms with Gasteiger partial charge in [-0.2, -0.15) is 5.26 Å². The van der Waals surface area contributed by atoms with Crippen LogP contribution in [0.15, 0.2) is 24.3 Å². The Kier molecular flexibility index (Phi) is 5.93. The Morgan fingerprint density at radius 2 is 1.96 bits per heavy atom. The maximum absolute atomic E-state index is 12.3. The minimum absolute atomic E-state index is 0.117. The minimum atomic E-state index is -0.119. The molecule has 2 fully saturated rings. The molecule has 1 heterocycles. The van der Waals surface area contributed by atoms with E-state index in [4.69, 9.17) is 5.26 Å². The Labute approximate surface area is 150 Å². The van der Waals surface area contributed by atoms with Gasteiger partial charge in [0.1, 0.15) is 0 Å². The van der Waals surface area contributed by atoms with E-state index < -0.39 is 0 Å². The molecule has 1 aliphatic heterocycles. The number of nitriles is 1. The molecule has 1 saturated heterocycles. The maximum Gasteiger partial charge on any atom is 0.315 e. The summed E-state index contributed by atoms with van der Waals surface area (Å²) in [5.74, 6) is 0. The molecule has 1 atom stereocenters. The number of hydrogen-bond donors (Lipinski definition) is 2. The second-order valence-electron chi connectivity index (χ2n) is 7.33. The summed E-state index contributed by atoms with van der Waals surface area (Å²) in [6, 6.07) is 10.3. The number of rotatable bonds is 4. The Morgan fingerprint density at radius 1 is 1.24 bits per heavy atom. The number of piperidine rings is 1. The van der Waals surface area contributed by atoms with E-state index in [1.807, 2.05) is 25.1 Å². The van der Waals surface area contributed by atoms with Gasteiger partial charge in [-0.05, 0) is 50.3 Å². The zero-order valence-electron chi connectivity index (χ0n) is 15.0. The van der Waals surface area contributed by atoms with E-state index in [1.54, 1.807) is 6.07 Å². The highest BCUT2D eigenvalue weighted by molar-refractivity contribution is 5.74. The summed E-state index contributed by atoms with van der Waals surface area (Å²) in [4.78, 5) is 14.9. The predicted molar refractivity (Wildman–Crippen MR) is 98.1 cm³/mol. The second kappa shape index (κ2) is 8.35. The van der Waals surface area contributed by atoms with Crippen molar-refractivity contribution in [3.63, 3.8) is 0 Å². The van der Waals surface area contributed by atoms with Crippen LogP contribution in [0, 0.1) is 11.3 Å². The predicted octanol–water partition coefficient (Wildman–Crippen LogP) is 3.33. The van der Waals surface area contributed by atoms with E-state index in [1.165, 1.54) is 25.7 Å². The lowest BCUT2D eigenvalue weighted by atomic mass is 10.0. The van der Waals surface area contributed by atoms with Crippen molar-refractivity contribution >= 4 is 6.03 Å². The lowest BCUT2D eigenvalue weighted by Gasteiger charge is -2.36. The molecule has 0 radical (unpaired) electrons. The molecule has 1 unspecified atom stereocenters. The third-order valence-corrected chi connectivity index (χ3v) is 5.57. The van der Waals surface area contributed by atoms with E-state index >= 15 is 0 Å². The number of likely N-dealkylation sites (tertiary alicyclic amines) is 1. The molecule has 0 bridgehead atoms. The summed E-state index contributed by atoms with van der Waals surface area (Å²) in [6.07, 6.45) is 7.49. The van der Waals surface area contributed by atoms with E-state index in [0.29, 0.717) is 5.56 Å². The van der Waals surface area contributed by atoms with Gasteiger partial charge in [0.05, 0.1) is 17.7 Å². The number of benzene rings is 1. The Bertz CT molecular complexity index is 625. The molecule has 0 aromatic heterocycles. The Hall–Kier alpha value is -2.06. The van der Waals surface area contributed by atoms with Crippen molar-refractivity contribution in [1.29, 1.82) is 5.26 Å². The summed E-state index contributed by atoms with van der Waals surface area (Å²) in [7, 11) is 0. The molecule has 1 aromatic rings. The van der Waals surface area contributed by atoms with Gasteiger partial charge in [0.25, 0.3) is 0 Å². The van der Waals surface area contributed by atoms with Crippen molar-refractivity contribution in [1.82, 2.24) is 15.5 Å². The Balaban J connectivity index is 1.44. The summed E-state index contributed by atoms with van der Waals surface area (Å²) < 4.78 is 0. The molecule has 25 heavy (non-hydrogen) atoms. The van der Waals surface area contributed by atoms with E-state index in [9.17, 15) is 4.79 Å². The lowest BCUT2D eigenvalue weighted by Crippen LogP contribution is -2.50. The first-order valence-electron chi connectivity index (χ1n) is 9.47. The van der Waals surface area contributed by atoms with Crippen LogP contribution in [-0.2, 0) is 0 Å². The number of carbonyl (C=O) groups is 1. The van der Waals surface area contributed by atoms with Crippen LogP contribution in [0.25, 0.3) is 0 Å². The average Bonchev–Trinajstić information content (AvgIpc) is 3.17. The van der Waals surface area contributed by atoms with Crippen LogP contribution in [0.4, 0.5) is 4.79 Å². The van der Waals surface area contributed by atoms with Gasteiger partial charge in [-0.25, -0.2) is 4.79 Å². The minimum Gasteiger partial charge on any atom is -0.335 e. The Morgan fingerprint density at radius 3 is 2.64 bits per heavy atom. The first-order chi connectivity index (χ1) is 12.2. The monoisotopic (exact) mass is 340 g/mol. The molecule has 2 aliphatic rings. The molecule has 1 aromatic carbocycles. The molecule has 2 amide bonds. The quantitative estimate of drug-likeness (QED) is 0.883. The SMILES string of the molecule is CC(NC(=O)NC1CCN(C2CCCC2)CC1)c1cccc(C#N)c1. The van der Waals surface area contributed by atoms with E-state index in [0.717, 1.165) is 37.5 Å². The highest BCUT2D eigenvalue weighted by atomic mass is 16.2. The zero-order valence-corrected chi connectivity index (χ0v) is 15.0. The highest BCUT2D eigenvalue weighted by Gasteiger charge is 2.27. The van der Waals surface area contributed by atoms with Crippen LogP contribution in [0.5, 0.6) is 0 Å². The van der Waals surface area contributed by atoms with Crippen LogP contribution in [0.2, 0.25) is 0 Å². The van der Waals surface area contributed by atoms with Crippen molar-refractivity contribution in [3.8, 4) is 6.07 Å². The molecule has 1 aliphatic carbocycles. The number of nitrogens with one attached hydrogen (secondary N) is 2. The molecular formula is C20H28N4O. The smallest absolute Gasteiger partial charge is 0.315 e. The summed E-state index contributed by atoms with van der Waals surface area (Å²) in [5.41, 5.74) is 1.57. The summed E-state index contributed by atoms with van der Waals surface area (Å²) in [6.45, 7) is 4.13. The highest BCUT2D eigenvalue weighted by Crippen LogP contribution is 2.26. The lowest BCUT2D eigenvalue weighted by molar-refractivity contribution is 0.145. The van der Waals surface area contributed by atoms with Gasteiger partial charge in [-0.1, -0.05) is 25.0 Å². The largest absolute Gasteiger partial charge is 0.335 e. The third-order valence-electron chi connectivity index (χ3n) is 5.57. The molecular weight excluding hydrogens is 312 g/mol. The van der Waals surface area contributed by atoms with Crippen LogP contribution in [0.3, 0.4) is 0 Å². The molecule has 5 heteroatoms. The van der Waals surface area contributed by atoms with Crippen molar-refractivity contribution in [2.75, 3.05) is 13.1 Å². The average molecular weight is 340 g/mol. The van der Waals surface area contributed by atoms with Crippen molar-refractivity contribution < 1.29 is 4.79 Å². The van der Waals surface area contributed by atoms with E-state index in [-0.39, 0.29) is 18.1 Å². The van der Waals surface area contributed by atoms with Crippen LogP contribution < -0.4 is 10.6 Å². The van der Waals surface area contributed by atoms with Crippen LogP contribution in [0.1, 0.15) is 62.6 Å². The number of nitrogens with zero attached hydrogens (tertiary/aromatic N) is 2. The fraction of sp³-hybridized carbons (Fsp3) is 0.600. The third kappa shape index (κ3) is 4.73. The number of urea groups is 1. The van der Waals surface area contributed by atoms with Gasteiger partial charge in [0.15, 0.2) is 0 Å². The van der Waals surface area contributed by atoms with Gasteiger partial charge < -0.3 is 15.5 Å². The standard InChI is InChI=1S/C20H28N4O/c1-15(17-6-4-5-16(13-17)14-21)22-20(25)23-18-9-11-24(12-10-18)19-7-2-3-8-19/h4-6,13,15,18-19H,2-3,7-12H2,1H3,(H2,22,23,25). The molecule has 134 valence electrons. The van der Waals surface area contributed by atoms with Crippen LogP contribution >= 0.6 is 0 Å². The molecule has 1 saturated carbocycles. The number of amides is 2. The van der Waals surface area contributed by atoms with Crippen LogP contribution in [-0.4, -0.2) is 36.1 Å². The topological polar surface area (TPSA) is 68.2 Å². The second-order valence-corrected chi connectivity index (χ2v) is 7.33. The van der Waals surface area contributed by atoms with Crippen molar-refractivity contribution in [2.45, 2.75) is 63.6 Å². The van der Waals surface area contributed by atoms with Gasteiger partial charge >= 0.3 is 6.03 Å². The number of hydrogen-bond acceptors (Lipinski definition) is 3. The summed E-state index contributed by atoms with van der Waals surface area (Å²) in [5, 5.41) is 15.1. The van der Waals surface area contributed by atoms with Gasteiger partial charge in [-0.3, -0.25) is 0 Å². The normalized spacial score (nSPS) is 20.8. The first kappa shape index (κ1) is 17.8. The molecule has 5 nitrogen and oxygen atoms in total. The molecule has 0 spiro atoms. The zero-order chi connectivity index (χ0) is 17.6. The maximum atomic E-state index is 12.3. The first-order valence-corrected chi connectivity index (χ1v) is 9.47. The summed E-state index contributed by atoms with van der Waals surface area (Å²) >= 11 is 0. The van der Waals surface area contributed by atoms with Gasteiger partial charge in [-0.15, -0.1) is 0 Å². The van der Waals surface area contributed by atoms with E-state index in [2.05, 4.69) is 21.6 Å². The van der Waals surface area contributed by atoms with Gasteiger partial charge in [0.2, 0.25) is 0 Å².